The van der Waals surface area contributed by atoms with Crippen LogP contribution < -0.4 is 14.8 Å². The predicted octanol–water partition coefficient (Wildman–Crippen LogP) is 2.89. The van der Waals surface area contributed by atoms with Gasteiger partial charge in [0.2, 0.25) is 0 Å². The van der Waals surface area contributed by atoms with Gasteiger partial charge in [-0.2, -0.15) is 0 Å². The summed E-state index contributed by atoms with van der Waals surface area (Å²) in [6.45, 7) is 3.99. The van der Waals surface area contributed by atoms with Gasteiger partial charge in [0.25, 0.3) is 11.8 Å². The molecule has 0 radical (unpaired) electrons. The Morgan fingerprint density at radius 3 is 2.68 bits per heavy atom. The van der Waals surface area contributed by atoms with E-state index in [1.807, 2.05) is 13.8 Å². The first-order chi connectivity index (χ1) is 11.8. The number of amides is 2. The van der Waals surface area contributed by atoms with E-state index in [2.05, 4.69) is 21.2 Å². The average molecular weight is 427 g/mol. The number of rotatable bonds is 5. The number of thiocarbonyl (C=S) groups is 1. The molecule has 1 atom stereocenters. The Morgan fingerprint density at radius 1 is 1.40 bits per heavy atom. The molecule has 2 rings (SSSR count). The highest BCUT2D eigenvalue weighted by Gasteiger charge is 2.30. The van der Waals surface area contributed by atoms with Crippen LogP contribution in [0.1, 0.15) is 25.8 Å². The molecule has 1 aliphatic heterocycles. The standard InChI is InChI=1S/C17H19BrN2O4S/c1-5-9(2)24-14-12(18)7-10(8-13(14)23-4)6-11-15(21)19-17(25)20(3)16(11)22/h6-9H,5H2,1-4H3,(H,19,21,25)/b11-6+/t9-/m1/s1. The van der Waals surface area contributed by atoms with Crippen molar-refractivity contribution < 1.29 is 19.1 Å². The van der Waals surface area contributed by atoms with Crippen LogP contribution in [0.3, 0.4) is 0 Å². The van der Waals surface area contributed by atoms with E-state index in [1.54, 1.807) is 12.1 Å². The van der Waals surface area contributed by atoms with Crippen molar-refractivity contribution in [3.05, 3.63) is 27.7 Å². The van der Waals surface area contributed by atoms with Crippen molar-refractivity contribution in [2.75, 3.05) is 14.2 Å². The fourth-order valence-electron chi connectivity index (χ4n) is 2.13. The highest BCUT2D eigenvalue weighted by atomic mass is 79.9. The van der Waals surface area contributed by atoms with E-state index in [0.717, 1.165) is 6.42 Å². The highest BCUT2D eigenvalue weighted by Crippen LogP contribution is 2.38. The molecule has 0 unspecified atom stereocenters. The van der Waals surface area contributed by atoms with Gasteiger partial charge >= 0.3 is 0 Å². The summed E-state index contributed by atoms with van der Waals surface area (Å²) >= 11 is 8.39. The lowest BCUT2D eigenvalue weighted by Gasteiger charge is -2.25. The molecule has 0 bridgehead atoms. The number of nitrogens with one attached hydrogen (secondary N) is 1. The number of methoxy groups -OCH3 is 1. The summed E-state index contributed by atoms with van der Waals surface area (Å²) < 4.78 is 11.9. The van der Waals surface area contributed by atoms with Gasteiger partial charge in [-0.3, -0.25) is 19.8 Å². The van der Waals surface area contributed by atoms with Crippen LogP contribution in [0.15, 0.2) is 22.2 Å². The second-order valence-electron chi connectivity index (χ2n) is 5.55. The highest BCUT2D eigenvalue weighted by molar-refractivity contribution is 9.10. The second-order valence-corrected chi connectivity index (χ2v) is 6.79. The van der Waals surface area contributed by atoms with Crippen molar-refractivity contribution >= 4 is 51.2 Å². The van der Waals surface area contributed by atoms with Crippen molar-refractivity contribution in [1.29, 1.82) is 0 Å². The zero-order chi connectivity index (χ0) is 18.7. The molecular weight excluding hydrogens is 408 g/mol. The van der Waals surface area contributed by atoms with Gasteiger partial charge in [-0.25, -0.2) is 0 Å². The number of nitrogens with zero attached hydrogens (tertiary/aromatic N) is 1. The molecule has 1 aromatic carbocycles. The van der Waals surface area contributed by atoms with Crippen molar-refractivity contribution in [2.24, 2.45) is 0 Å². The quantitative estimate of drug-likeness (QED) is 0.445. The van der Waals surface area contributed by atoms with Crippen LogP contribution in [0.25, 0.3) is 6.08 Å². The second kappa shape index (κ2) is 7.97. The first-order valence-corrected chi connectivity index (χ1v) is 8.87. The molecule has 0 spiro atoms. The van der Waals surface area contributed by atoms with E-state index in [0.29, 0.717) is 21.5 Å². The third-order valence-electron chi connectivity index (χ3n) is 3.76. The van der Waals surface area contributed by atoms with Gasteiger partial charge in [0.15, 0.2) is 16.6 Å². The molecule has 1 aromatic rings. The van der Waals surface area contributed by atoms with E-state index in [-0.39, 0.29) is 16.8 Å². The Balaban J connectivity index is 2.43. The molecular formula is C17H19BrN2O4S. The topological polar surface area (TPSA) is 67.9 Å². The summed E-state index contributed by atoms with van der Waals surface area (Å²) in [4.78, 5) is 25.6. The summed E-state index contributed by atoms with van der Waals surface area (Å²) in [5, 5.41) is 2.57. The summed E-state index contributed by atoms with van der Waals surface area (Å²) in [6.07, 6.45) is 2.37. The van der Waals surface area contributed by atoms with Gasteiger partial charge in [-0.1, -0.05) is 6.92 Å². The Morgan fingerprint density at radius 2 is 2.08 bits per heavy atom. The Kier molecular flexibility index (Phi) is 6.18. The summed E-state index contributed by atoms with van der Waals surface area (Å²) in [6, 6.07) is 3.48. The van der Waals surface area contributed by atoms with E-state index in [9.17, 15) is 9.59 Å². The number of hydrogen-bond donors (Lipinski definition) is 1. The molecule has 25 heavy (non-hydrogen) atoms. The first kappa shape index (κ1) is 19.4. The van der Waals surface area contributed by atoms with Crippen LogP contribution in [0.4, 0.5) is 0 Å². The molecule has 1 heterocycles. The normalized spacial score (nSPS) is 17.6. The van der Waals surface area contributed by atoms with Crippen LogP contribution in [-0.2, 0) is 9.59 Å². The number of ether oxygens (including phenoxy) is 2. The predicted molar refractivity (Wildman–Crippen MR) is 103 cm³/mol. The maximum Gasteiger partial charge on any atom is 0.265 e. The number of carbonyl (C=O) groups excluding carboxylic acids is 2. The largest absolute Gasteiger partial charge is 0.493 e. The summed E-state index contributed by atoms with van der Waals surface area (Å²) in [5.41, 5.74) is 0.626. The maximum atomic E-state index is 12.3. The van der Waals surface area contributed by atoms with Gasteiger partial charge in [-0.05, 0) is 65.3 Å². The SMILES string of the molecule is CC[C@@H](C)Oc1c(Br)cc(/C=C2\C(=O)NC(=S)N(C)C2=O)cc1OC. The van der Waals surface area contributed by atoms with E-state index in [4.69, 9.17) is 21.7 Å². The van der Waals surface area contributed by atoms with Gasteiger partial charge in [0.1, 0.15) is 5.57 Å². The number of likely N-dealkylation sites (N-methyl/N-ethyl adjacent to an activating group) is 1. The van der Waals surface area contributed by atoms with Crippen LogP contribution in [0.2, 0.25) is 0 Å². The molecule has 1 fully saturated rings. The molecule has 0 aliphatic carbocycles. The lowest BCUT2D eigenvalue weighted by molar-refractivity contribution is -0.128. The lowest BCUT2D eigenvalue weighted by Crippen LogP contribution is -2.52. The van der Waals surface area contributed by atoms with Crippen molar-refractivity contribution in [2.45, 2.75) is 26.4 Å². The third-order valence-corrected chi connectivity index (χ3v) is 4.73. The van der Waals surface area contributed by atoms with E-state index < -0.39 is 11.8 Å². The third kappa shape index (κ3) is 4.19. The fraction of sp³-hybridized carbons (Fsp3) is 0.353. The van der Waals surface area contributed by atoms with Gasteiger partial charge in [0, 0.05) is 7.05 Å². The Labute approximate surface area is 160 Å². The first-order valence-electron chi connectivity index (χ1n) is 7.67. The van der Waals surface area contributed by atoms with Crippen LogP contribution in [0.5, 0.6) is 11.5 Å². The molecule has 6 nitrogen and oxygen atoms in total. The van der Waals surface area contributed by atoms with Crippen LogP contribution in [-0.4, -0.2) is 42.1 Å². The minimum atomic E-state index is -0.525. The molecule has 0 aromatic heterocycles. The van der Waals surface area contributed by atoms with Crippen molar-refractivity contribution in [3.8, 4) is 11.5 Å². The Bertz CT molecular complexity index is 763. The molecule has 134 valence electrons. The molecule has 1 aliphatic rings. The molecule has 2 amide bonds. The van der Waals surface area contributed by atoms with Crippen molar-refractivity contribution in [3.63, 3.8) is 0 Å². The van der Waals surface area contributed by atoms with Crippen LogP contribution in [0, 0.1) is 0 Å². The zero-order valence-electron chi connectivity index (χ0n) is 14.4. The van der Waals surface area contributed by atoms with Crippen LogP contribution >= 0.6 is 28.1 Å². The summed E-state index contributed by atoms with van der Waals surface area (Å²) in [5.74, 6) is 0.109. The molecule has 1 saturated heterocycles. The van der Waals surface area contributed by atoms with E-state index >= 15 is 0 Å². The number of hydrogen-bond acceptors (Lipinski definition) is 5. The lowest BCUT2D eigenvalue weighted by atomic mass is 10.1. The Hall–Kier alpha value is -1.93. The molecule has 1 N–H and O–H groups in total. The number of halogens is 1. The van der Waals surface area contributed by atoms with Gasteiger partial charge < -0.3 is 9.47 Å². The minimum Gasteiger partial charge on any atom is -0.493 e. The van der Waals surface area contributed by atoms with E-state index in [1.165, 1.54) is 25.1 Å². The van der Waals surface area contributed by atoms with Crippen molar-refractivity contribution in [1.82, 2.24) is 10.2 Å². The molecule has 0 saturated carbocycles. The number of carbonyl (C=O) groups is 2. The zero-order valence-corrected chi connectivity index (χ0v) is 16.8. The number of benzene rings is 1. The minimum absolute atomic E-state index is 0.000600. The van der Waals surface area contributed by atoms with Gasteiger partial charge in [0.05, 0.1) is 17.7 Å². The van der Waals surface area contributed by atoms with Gasteiger partial charge in [-0.15, -0.1) is 0 Å². The maximum absolute atomic E-state index is 12.3. The summed E-state index contributed by atoms with van der Waals surface area (Å²) in [7, 11) is 3.05. The average Bonchev–Trinajstić information content (AvgIpc) is 2.58. The monoisotopic (exact) mass is 426 g/mol. The molecule has 8 heteroatoms. The smallest absolute Gasteiger partial charge is 0.265 e. The fourth-order valence-corrected chi connectivity index (χ4v) is 2.86.